The average Bonchev–Trinajstić information content (AvgIpc) is 2.97. The quantitative estimate of drug-likeness (QED) is 0.0222. The van der Waals surface area contributed by atoms with Crippen molar-refractivity contribution < 1.29 is 80.2 Å². The predicted octanol–water partition coefficient (Wildman–Crippen LogP) is 21.3. The van der Waals surface area contributed by atoms with Gasteiger partial charge in [0.05, 0.1) is 26.4 Å². The van der Waals surface area contributed by atoms with Crippen molar-refractivity contribution >= 4 is 39.5 Å². The molecule has 19 heteroatoms. The van der Waals surface area contributed by atoms with E-state index >= 15 is 0 Å². The number of ether oxygens (including phenoxy) is 4. The minimum absolute atomic E-state index is 0.104. The van der Waals surface area contributed by atoms with Crippen LogP contribution in [-0.4, -0.2) is 96.7 Å². The van der Waals surface area contributed by atoms with E-state index in [1.54, 1.807) is 0 Å². The van der Waals surface area contributed by atoms with Gasteiger partial charge in [0.15, 0.2) is 12.2 Å². The van der Waals surface area contributed by atoms with Crippen LogP contribution < -0.4 is 0 Å². The molecular weight excluding hydrogens is 1220 g/mol. The standard InChI is InChI=1S/C74H144O17P2/c1-9-67(8)53-45-37-27-23-18-16-14-12-10-11-13-15-17-19-24-28-40-48-56-73(78)90-69(60-84-71(76)54-46-38-32-30-35-43-51-65(4)5)62-88-92(80,81)86-58-68(75)59-87-93(82,83)89-63-70(61-85-72(77)55-47-39-33-31-36-44-52-66(6)7)91-74(79)57-49-41-29-25-21-20-22-26-34-42-50-64(2)3/h64-70,75H,9-63H2,1-8H3,(H,80,81)(H,82,83)/t67?,68-,69+,70+/m0/s1. The summed E-state index contributed by atoms with van der Waals surface area (Å²) in [6, 6.07) is 0. The highest BCUT2D eigenvalue weighted by Gasteiger charge is 2.30. The largest absolute Gasteiger partial charge is 0.472 e. The molecule has 0 fully saturated rings. The van der Waals surface area contributed by atoms with Crippen LogP contribution in [0.25, 0.3) is 0 Å². The number of hydrogen-bond acceptors (Lipinski definition) is 15. The van der Waals surface area contributed by atoms with Gasteiger partial charge in [-0.3, -0.25) is 37.3 Å². The van der Waals surface area contributed by atoms with Gasteiger partial charge in [-0.1, -0.05) is 319 Å². The van der Waals surface area contributed by atoms with Crippen molar-refractivity contribution in [1.29, 1.82) is 0 Å². The van der Waals surface area contributed by atoms with Crippen molar-refractivity contribution in [3.8, 4) is 0 Å². The number of hydrogen-bond donors (Lipinski definition) is 3. The Hall–Kier alpha value is -1.94. The molecule has 0 aliphatic carbocycles. The van der Waals surface area contributed by atoms with E-state index in [9.17, 15) is 43.2 Å². The molecule has 0 aliphatic rings. The second-order valence-corrected chi connectivity index (χ2v) is 31.3. The number of esters is 4. The van der Waals surface area contributed by atoms with Crippen LogP contribution in [-0.2, 0) is 65.4 Å². The number of phosphoric acid groups is 2. The van der Waals surface area contributed by atoms with Crippen molar-refractivity contribution in [2.24, 2.45) is 23.7 Å². The lowest BCUT2D eigenvalue weighted by atomic mass is 9.99. The summed E-state index contributed by atoms with van der Waals surface area (Å²) < 4.78 is 68.3. The number of carbonyl (C=O) groups is 4. The predicted molar refractivity (Wildman–Crippen MR) is 377 cm³/mol. The first-order valence-electron chi connectivity index (χ1n) is 38.2. The zero-order valence-corrected chi connectivity index (χ0v) is 62.7. The van der Waals surface area contributed by atoms with Gasteiger partial charge in [-0.05, 0) is 49.4 Å². The smallest absolute Gasteiger partial charge is 0.462 e. The summed E-state index contributed by atoms with van der Waals surface area (Å²) in [5.74, 6) is 0.852. The molecule has 0 aromatic rings. The Morgan fingerprint density at radius 3 is 0.763 bits per heavy atom. The first-order valence-corrected chi connectivity index (χ1v) is 41.2. The highest BCUT2D eigenvalue weighted by molar-refractivity contribution is 7.47. The first-order chi connectivity index (χ1) is 44.6. The molecule has 552 valence electrons. The molecule has 0 saturated carbocycles. The molecule has 93 heavy (non-hydrogen) atoms. The highest BCUT2D eigenvalue weighted by Crippen LogP contribution is 2.45. The molecule has 17 nitrogen and oxygen atoms in total. The molecule has 0 saturated heterocycles. The number of unbranched alkanes of at least 4 members (excludes halogenated alkanes) is 36. The average molecular weight is 1370 g/mol. The fraction of sp³-hybridized carbons (Fsp3) is 0.946. The van der Waals surface area contributed by atoms with Gasteiger partial charge in [0.2, 0.25) is 0 Å². The summed E-state index contributed by atoms with van der Waals surface area (Å²) in [6.45, 7) is 14.1. The molecule has 0 amide bonds. The summed E-state index contributed by atoms with van der Waals surface area (Å²) in [5, 5.41) is 10.6. The van der Waals surface area contributed by atoms with Crippen LogP contribution in [0.3, 0.4) is 0 Å². The molecular formula is C74H144O17P2. The third-order valence-corrected chi connectivity index (χ3v) is 19.3. The third-order valence-electron chi connectivity index (χ3n) is 17.4. The molecule has 0 rings (SSSR count). The van der Waals surface area contributed by atoms with E-state index in [1.807, 2.05) is 0 Å². The van der Waals surface area contributed by atoms with Gasteiger partial charge in [0.1, 0.15) is 19.3 Å². The monoisotopic (exact) mass is 1370 g/mol. The Morgan fingerprint density at radius 1 is 0.301 bits per heavy atom. The van der Waals surface area contributed by atoms with Crippen molar-refractivity contribution in [1.82, 2.24) is 0 Å². The lowest BCUT2D eigenvalue weighted by molar-refractivity contribution is -0.161. The normalized spacial score (nSPS) is 14.5. The van der Waals surface area contributed by atoms with E-state index in [4.69, 9.17) is 37.0 Å². The van der Waals surface area contributed by atoms with Crippen molar-refractivity contribution in [3.05, 3.63) is 0 Å². The number of carbonyl (C=O) groups excluding carboxylic acids is 4. The van der Waals surface area contributed by atoms with Crippen molar-refractivity contribution in [3.63, 3.8) is 0 Å². The molecule has 6 atom stereocenters. The lowest BCUT2D eigenvalue weighted by Gasteiger charge is -2.21. The summed E-state index contributed by atoms with van der Waals surface area (Å²) >= 11 is 0. The molecule has 0 heterocycles. The van der Waals surface area contributed by atoms with Gasteiger partial charge in [0.25, 0.3) is 0 Å². The Labute approximate surface area is 568 Å². The van der Waals surface area contributed by atoms with Crippen LogP contribution in [0.15, 0.2) is 0 Å². The van der Waals surface area contributed by atoms with Crippen LogP contribution in [0.2, 0.25) is 0 Å². The second kappa shape index (κ2) is 63.5. The number of rotatable bonds is 71. The third kappa shape index (κ3) is 67.0. The lowest BCUT2D eigenvalue weighted by Crippen LogP contribution is -2.30. The Bertz CT molecular complexity index is 1840. The van der Waals surface area contributed by atoms with E-state index in [0.29, 0.717) is 37.5 Å². The van der Waals surface area contributed by atoms with Gasteiger partial charge >= 0.3 is 39.5 Å². The van der Waals surface area contributed by atoms with Gasteiger partial charge in [-0.15, -0.1) is 0 Å². The number of phosphoric ester groups is 2. The van der Waals surface area contributed by atoms with E-state index in [-0.39, 0.29) is 25.7 Å². The zero-order valence-electron chi connectivity index (χ0n) is 60.9. The van der Waals surface area contributed by atoms with E-state index in [0.717, 1.165) is 115 Å². The van der Waals surface area contributed by atoms with Gasteiger partial charge in [-0.2, -0.15) is 0 Å². The maximum atomic E-state index is 13.0. The molecule has 0 aliphatic heterocycles. The van der Waals surface area contributed by atoms with Crippen LogP contribution in [0.5, 0.6) is 0 Å². The summed E-state index contributed by atoms with van der Waals surface area (Å²) in [5.41, 5.74) is 0. The molecule has 0 aromatic heterocycles. The SMILES string of the molecule is CCC(C)CCCCCCCCCCCCCCCCCCCCC(=O)O[C@H](COC(=O)CCCCCCCCC(C)C)COP(=O)(O)OC[C@H](O)COP(=O)(O)OC[C@@H](COC(=O)CCCCCCCCC(C)C)OC(=O)CCCCCCCCCCCCC(C)C. The molecule has 0 aromatic carbocycles. The number of aliphatic hydroxyl groups excluding tert-OH is 1. The topological polar surface area (TPSA) is 237 Å². The molecule has 0 bridgehead atoms. The highest BCUT2D eigenvalue weighted by atomic mass is 31.2. The molecule has 3 unspecified atom stereocenters. The summed E-state index contributed by atoms with van der Waals surface area (Å²) in [4.78, 5) is 72.6. The van der Waals surface area contributed by atoms with Crippen LogP contribution >= 0.6 is 15.6 Å². The van der Waals surface area contributed by atoms with Crippen LogP contribution in [0.4, 0.5) is 0 Å². The minimum Gasteiger partial charge on any atom is -0.462 e. The maximum absolute atomic E-state index is 13.0. The molecule has 3 N–H and O–H groups in total. The Morgan fingerprint density at radius 2 is 0.516 bits per heavy atom. The maximum Gasteiger partial charge on any atom is 0.472 e. The van der Waals surface area contributed by atoms with E-state index in [2.05, 4.69) is 55.4 Å². The van der Waals surface area contributed by atoms with E-state index in [1.165, 1.54) is 161 Å². The van der Waals surface area contributed by atoms with Crippen molar-refractivity contribution in [2.75, 3.05) is 39.6 Å². The molecule has 0 spiro atoms. The fourth-order valence-corrected chi connectivity index (χ4v) is 12.7. The minimum atomic E-state index is -4.95. The van der Waals surface area contributed by atoms with Gasteiger partial charge in [0, 0.05) is 25.7 Å². The Balaban J connectivity index is 5.13. The first kappa shape index (κ1) is 91.1. The van der Waals surface area contributed by atoms with Gasteiger partial charge < -0.3 is 33.8 Å². The van der Waals surface area contributed by atoms with Crippen LogP contribution in [0.1, 0.15) is 370 Å². The molecule has 0 radical (unpaired) electrons. The van der Waals surface area contributed by atoms with Gasteiger partial charge in [-0.25, -0.2) is 9.13 Å². The Kier molecular flexibility index (Phi) is 62.2. The summed E-state index contributed by atoms with van der Waals surface area (Å²) in [6.07, 6.45) is 47.6. The number of aliphatic hydroxyl groups is 1. The van der Waals surface area contributed by atoms with E-state index < -0.39 is 97.5 Å². The van der Waals surface area contributed by atoms with Crippen molar-refractivity contribution in [2.45, 2.75) is 388 Å². The van der Waals surface area contributed by atoms with Crippen LogP contribution in [0, 0.1) is 23.7 Å². The fourth-order valence-electron chi connectivity index (χ4n) is 11.2. The zero-order chi connectivity index (χ0) is 68.9. The summed E-state index contributed by atoms with van der Waals surface area (Å²) in [7, 11) is -9.91. The second-order valence-electron chi connectivity index (χ2n) is 28.4.